The summed E-state index contributed by atoms with van der Waals surface area (Å²) >= 11 is 0. The molecule has 1 saturated heterocycles. The number of likely N-dealkylation sites (tertiary alicyclic amines) is 1. The third-order valence-corrected chi connectivity index (χ3v) is 3.32. The van der Waals surface area contributed by atoms with Crippen molar-refractivity contribution in [3.63, 3.8) is 0 Å². The van der Waals surface area contributed by atoms with Crippen molar-refractivity contribution in [3.05, 3.63) is 0 Å². The molecule has 1 rings (SSSR count). The van der Waals surface area contributed by atoms with Gasteiger partial charge in [0, 0.05) is 13.1 Å². The number of hydrogen-bond donors (Lipinski definition) is 0. The maximum absolute atomic E-state index is 11.3. The molecule has 3 nitrogen and oxygen atoms in total. The van der Waals surface area contributed by atoms with Gasteiger partial charge in [0.05, 0.1) is 13.0 Å². The molecule has 2 atom stereocenters. The smallest absolute Gasteiger partial charge is 0.309 e. The summed E-state index contributed by atoms with van der Waals surface area (Å²) in [7, 11) is 1.46. The first kappa shape index (κ1) is 12.5. The Morgan fingerprint density at radius 2 is 2.33 bits per heavy atom. The molecule has 0 bridgehead atoms. The molecule has 0 saturated carbocycles. The van der Waals surface area contributed by atoms with Crippen LogP contribution in [0.5, 0.6) is 0 Å². The third kappa shape index (κ3) is 3.82. The van der Waals surface area contributed by atoms with Gasteiger partial charge in [-0.1, -0.05) is 20.3 Å². The van der Waals surface area contributed by atoms with Gasteiger partial charge in [-0.2, -0.15) is 0 Å². The van der Waals surface area contributed by atoms with E-state index in [2.05, 4.69) is 11.8 Å². The van der Waals surface area contributed by atoms with E-state index in [1.165, 1.54) is 26.4 Å². The molecular formula is C12H23NO2. The largest absolute Gasteiger partial charge is 0.469 e. The Morgan fingerprint density at radius 1 is 1.60 bits per heavy atom. The Kier molecular flexibility index (Phi) is 5.09. The van der Waals surface area contributed by atoms with Gasteiger partial charge in [0.25, 0.3) is 0 Å². The van der Waals surface area contributed by atoms with Crippen molar-refractivity contribution >= 4 is 5.97 Å². The molecule has 0 amide bonds. The zero-order chi connectivity index (χ0) is 11.3. The maximum atomic E-state index is 11.3. The molecule has 0 aromatic carbocycles. The minimum absolute atomic E-state index is 0.00519. The van der Waals surface area contributed by atoms with Crippen molar-refractivity contribution in [2.45, 2.75) is 33.1 Å². The zero-order valence-corrected chi connectivity index (χ0v) is 10.2. The fourth-order valence-corrected chi connectivity index (χ4v) is 2.31. The van der Waals surface area contributed by atoms with Crippen molar-refractivity contribution in [1.29, 1.82) is 0 Å². The summed E-state index contributed by atoms with van der Waals surface area (Å²) in [6.45, 7) is 7.33. The SMILES string of the molecule is CCC1CCCN(CC(C)C(=O)OC)C1. The lowest BCUT2D eigenvalue weighted by Gasteiger charge is -2.33. The van der Waals surface area contributed by atoms with Gasteiger partial charge in [-0.25, -0.2) is 0 Å². The number of hydrogen-bond acceptors (Lipinski definition) is 3. The average molecular weight is 213 g/mol. The Bertz CT molecular complexity index is 206. The lowest BCUT2D eigenvalue weighted by molar-refractivity contribution is -0.145. The highest BCUT2D eigenvalue weighted by Gasteiger charge is 2.22. The molecule has 0 N–H and O–H groups in total. The van der Waals surface area contributed by atoms with Gasteiger partial charge < -0.3 is 9.64 Å². The van der Waals surface area contributed by atoms with Gasteiger partial charge in [0.2, 0.25) is 0 Å². The van der Waals surface area contributed by atoms with Crippen molar-refractivity contribution in [1.82, 2.24) is 4.90 Å². The van der Waals surface area contributed by atoms with Crippen molar-refractivity contribution in [3.8, 4) is 0 Å². The van der Waals surface area contributed by atoms with Crippen LogP contribution in [0.15, 0.2) is 0 Å². The Labute approximate surface area is 92.8 Å². The molecule has 1 aliphatic rings. The van der Waals surface area contributed by atoms with E-state index < -0.39 is 0 Å². The van der Waals surface area contributed by atoms with Gasteiger partial charge in [-0.3, -0.25) is 4.79 Å². The standard InChI is InChI=1S/C12H23NO2/c1-4-11-6-5-7-13(9-11)8-10(2)12(14)15-3/h10-11H,4-9H2,1-3H3. The maximum Gasteiger partial charge on any atom is 0.309 e. The van der Waals surface area contributed by atoms with E-state index >= 15 is 0 Å². The predicted octanol–water partition coefficient (Wildman–Crippen LogP) is 1.92. The molecule has 3 heteroatoms. The topological polar surface area (TPSA) is 29.5 Å². The van der Waals surface area contributed by atoms with Crippen LogP contribution in [0.2, 0.25) is 0 Å². The van der Waals surface area contributed by atoms with Crippen molar-refractivity contribution in [2.75, 3.05) is 26.7 Å². The minimum atomic E-state index is -0.0892. The van der Waals surface area contributed by atoms with E-state index in [9.17, 15) is 4.79 Å². The zero-order valence-electron chi connectivity index (χ0n) is 10.2. The van der Waals surface area contributed by atoms with E-state index in [4.69, 9.17) is 4.74 Å². The first-order valence-electron chi connectivity index (χ1n) is 5.97. The first-order valence-corrected chi connectivity index (χ1v) is 5.97. The monoisotopic (exact) mass is 213 g/mol. The van der Waals surface area contributed by atoms with Crippen LogP contribution in [0.4, 0.5) is 0 Å². The highest BCUT2D eigenvalue weighted by molar-refractivity contribution is 5.72. The molecule has 0 radical (unpaired) electrons. The van der Waals surface area contributed by atoms with E-state index in [0.29, 0.717) is 0 Å². The minimum Gasteiger partial charge on any atom is -0.469 e. The quantitative estimate of drug-likeness (QED) is 0.668. The number of esters is 1. The average Bonchev–Trinajstić information content (AvgIpc) is 2.28. The Balaban J connectivity index is 2.34. The fourth-order valence-electron chi connectivity index (χ4n) is 2.31. The molecule has 1 aliphatic heterocycles. The summed E-state index contributed by atoms with van der Waals surface area (Å²) in [6.07, 6.45) is 3.87. The molecule has 2 unspecified atom stereocenters. The molecule has 1 fully saturated rings. The number of ether oxygens (including phenoxy) is 1. The normalized spacial score (nSPS) is 24.9. The summed E-state index contributed by atoms with van der Waals surface area (Å²) in [5, 5.41) is 0. The highest BCUT2D eigenvalue weighted by atomic mass is 16.5. The third-order valence-electron chi connectivity index (χ3n) is 3.32. The molecule has 0 aliphatic carbocycles. The van der Waals surface area contributed by atoms with Crippen LogP contribution in [0.3, 0.4) is 0 Å². The first-order chi connectivity index (χ1) is 7.17. The number of piperidine rings is 1. The van der Waals surface area contributed by atoms with Gasteiger partial charge in [-0.05, 0) is 25.3 Å². The molecule has 88 valence electrons. The second kappa shape index (κ2) is 6.11. The van der Waals surface area contributed by atoms with Gasteiger partial charge in [-0.15, -0.1) is 0 Å². The molecule has 0 spiro atoms. The van der Waals surface area contributed by atoms with Crippen molar-refractivity contribution in [2.24, 2.45) is 11.8 Å². The number of nitrogens with zero attached hydrogens (tertiary/aromatic N) is 1. The number of carbonyl (C=O) groups is 1. The molecule has 15 heavy (non-hydrogen) atoms. The van der Waals surface area contributed by atoms with Crippen LogP contribution in [-0.2, 0) is 9.53 Å². The summed E-state index contributed by atoms with van der Waals surface area (Å²) in [5.41, 5.74) is 0. The van der Waals surface area contributed by atoms with Gasteiger partial charge in [0.15, 0.2) is 0 Å². The van der Waals surface area contributed by atoms with Crippen LogP contribution in [-0.4, -0.2) is 37.6 Å². The van der Waals surface area contributed by atoms with Crippen molar-refractivity contribution < 1.29 is 9.53 Å². The number of carbonyl (C=O) groups excluding carboxylic acids is 1. The van der Waals surface area contributed by atoms with Crippen LogP contribution in [0.25, 0.3) is 0 Å². The van der Waals surface area contributed by atoms with E-state index in [1.807, 2.05) is 6.92 Å². The lowest BCUT2D eigenvalue weighted by Crippen LogP contribution is -2.39. The van der Waals surface area contributed by atoms with E-state index in [0.717, 1.165) is 25.6 Å². The lowest BCUT2D eigenvalue weighted by atomic mass is 9.95. The van der Waals surface area contributed by atoms with Gasteiger partial charge in [0.1, 0.15) is 0 Å². The van der Waals surface area contributed by atoms with Gasteiger partial charge >= 0.3 is 5.97 Å². The Morgan fingerprint density at radius 3 is 2.93 bits per heavy atom. The summed E-state index contributed by atoms with van der Waals surface area (Å²) in [4.78, 5) is 13.7. The molecule has 0 aromatic heterocycles. The summed E-state index contributed by atoms with van der Waals surface area (Å²) < 4.78 is 4.74. The summed E-state index contributed by atoms with van der Waals surface area (Å²) in [5.74, 6) is 0.739. The molecular weight excluding hydrogens is 190 g/mol. The number of rotatable bonds is 4. The fraction of sp³-hybridized carbons (Fsp3) is 0.917. The summed E-state index contributed by atoms with van der Waals surface area (Å²) in [6, 6.07) is 0. The molecule has 0 aromatic rings. The van der Waals surface area contributed by atoms with Crippen LogP contribution >= 0.6 is 0 Å². The highest BCUT2D eigenvalue weighted by Crippen LogP contribution is 2.20. The predicted molar refractivity (Wildman–Crippen MR) is 60.6 cm³/mol. The van der Waals surface area contributed by atoms with E-state index in [-0.39, 0.29) is 11.9 Å². The van der Waals surface area contributed by atoms with Crippen LogP contribution in [0.1, 0.15) is 33.1 Å². The van der Waals surface area contributed by atoms with Crippen LogP contribution < -0.4 is 0 Å². The second-order valence-corrected chi connectivity index (χ2v) is 4.60. The van der Waals surface area contributed by atoms with Crippen LogP contribution in [0, 0.1) is 11.8 Å². The number of methoxy groups -OCH3 is 1. The Hall–Kier alpha value is -0.570. The van der Waals surface area contributed by atoms with E-state index in [1.54, 1.807) is 0 Å². The molecule has 1 heterocycles. The second-order valence-electron chi connectivity index (χ2n) is 4.60.